The number of rotatable bonds is 5. The second-order valence-electron chi connectivity index (χ2n) is 4.41. The average molecular weight is 363 g/mol. The predicted octanol–water partition coefficient (Wildman–Crippen LogP) is 4.27. The Morgan fingerprint density at radius 3 is 2.76 bits per heavy atom. The van der Waals surface area contributed by atoms with E-state index in [1.165, 1.54) is 12.3 Å². The molecule has 0 atom stereocenters. The Morgan fingerprint density at radius 2 is 2.10 bits per heavy atom. The van der Waals surface area contributed by atoms with E-state index in [1.807, 2.05) is 6.92 Å². The topological polar surface area (TPSA) is 38.1 Å². The van der Waals surface area contributed by atoms with Crippen LogP contribution in [-0.4, -0.2) is 18.1 Å². The molecule has 0 spiro atoms. The Morgan fingerprint density at radius 1 is 1.33 bits per heavy atom. The van der Waals surface area contributed by atoms with Gasteiger partial charge in [0, 0.05) is 23.0 Å². The van der Waals surface area contributed by atoms with Gasteiger partial charge in [-0.25, -0.2) is 4.98 Å². The van der Waals surface area contributed by atoms with Crippen molar-refractivity contribution in [3.05, 3.63) is 40.3 Å². The molecule has 0 unspecified atom stereocenters. The molecule has 0 amide bonds. The number of hydrogen-bond acceptors (Lipinski definition) is 3. The third-order valence-electron chi connectivity index (χ3n) is 2.88. The normalized spacial score (nSPS) is 11.9. The SMILES string of the molecule is CCNCCc1ncc(-c2cc(C(F)(F)F)ccc2Br)o1. The molecule has 0 aliphatic heterocycles. The van der Waals surface area contributed by atoms with Crippen molar-refractivity contribution in [2.45, 2.75) is 19.5 Å². The van der Waals surface area contributed by atoms with Crippen LogP contribution in [0.5, 0.6) is 0 Å². The van der Waals surface area contributed by atoms with Crippen molar-refractivity contribution in [1.29, 1.82) is 0 Å². The van der Waals surface area contributed by atoms with E-state index in [0.717, 1.165) is 18.7 Å². The van der Waals surface area contributed by atoms with Gasteiger partial charge in [-0.05, 0) is 24.7 Å². The summed E-state index contributed by atoms with van der Waals surface area (Å²) in [6.07, 6.45) is -2.35. The van der Waals surface area contributed by atoms with Crippen molar-refractivity contribution in [1.82, 2.24) is 10.3 Å². The van der Waals surface area contributed by atoms with Crippen LogP contribution in [0.2, 0.25) is 0 Å². The van der Waals surface area contributed by atoms with Gasteiger partial charge >= 0.3 is 6.18 Å². The minimum Gasteiger partial charge on any atom is -0.441 e. The Bertz CT molecular complexity index is 611. The molecule has 2 aromatic rings. The van der Waals surface area contributed by atoms with E-state index in [2.05, 4.69) is 26.2 Å². The largest absolute Gasteiger partial charge is 0.441 e. The van der Waals surface area contributed by atoms with Gasteiger partial charge in [-0.3, -0.25) is 0 Å². The minimum atomic E-state index is -4.39. The fourth-order valence-electron chi connectivity index (χ4n) is 1.81. The van der Waals surface area contributed by atoms with Gasteiger partial charge in [0.2, 0.25) is 0 Å². The van der Waals surface area contributed by atoms with E-state index < -0.39 is 11.7 Å². The number of hydrogen-bond donors (Lipinski definition) is 1. The second kappa shape index (κ2) is 6.62. The lowest BCUT2D eigenvalue weighted by atomic mass is 10.1. The standard InChI is InChI=1S/C14H14BrF3N2O/c1-2-19-6-5-13-20-8-12(21-13)10-7-9(14(16,17)18)3-4-11(10)15/h3-4,7-8,19H,2,5-6H2,1H3. The molecular weight excluding hydrogens is 349 g/mol. The van der Waals surface area contributed by atoms with Crippen LogP contribution in [0.3, 0.4) is 0 Å². The molecule has 1 N–H and O–H groups in total. The quantitative estimate of drug-likeness (QED) is 0.807. The molecule has 0 saturated carbocycles. The van der Waals surface area contributed by atoms with Crippen LogP contribution in [0, 0.1) is 0 Å². The van der Waals surface area contributed by atoms with Crippen molar-refractivity contribution >= 4 is 15.9 Å². The molecule has 0 aliphatic carbocycles. The van der Waals surface area contributed by atoms with E-state index in [9.17, 15) is 13.2 Å². The van der Waals surface area contributed by atoms with Crippen molar-refractivity contribution in [3.63, 3.8) is 0 Å². The predicted molar refractivity (Wildman–Crippen MR) is 76.9 cm³/mol. The number of likely N-dealkylation sites (N-methyl/N-ethyl adjacent to an activating group) is 1. The van der Waals surface area contributed by atoms with E-state index in [-0.39, 0.29) is 0 Å². The first kappa shape index (κ1) is 16.0. The summed E-state index contributed by atoms with van der Waals surface area (Å²) in [6.45, 7) is 3.54. The maximum atomic E-state index is 12.8. The number of alkyl halides is 3. The Kier molecular flexibility index (Phi) is 5.05. The van der Waals surface area contributed by atoms with Gasteiger partial charge in [0.15, 0.2) is 11.7 Å². The number of nitrogens with one attached hydrogen (secondary N) is 1. The van der Waals surface area contributed by atoms with Gasteiger partial charge in [0.1, 0.15) is 0 Å². The first-order chi connectivity index (χ1) is 9.91. The van der Waals surface area contributed by atoms with Crippen LogP contribution in [-0.2, 0) is 12.6 Å². The molecule has 1 heterocycles. The van der Waals surface area contributed by atoms with Crippen molar-refractivity contribution < 1.29 is 17.6 Å². The third-order valence-corrected chi connectivity index (χ3v) is 3.57. The van der Waals surface area contributed by atoms with Gasteiger partial charge in [0.25, 0.3) is 0 Å². The molecular formula is C14H14BrF3N2O. The summed E-state index contributed by atoms with van der Waals surface area (Å²) in [7, 11) is 0. The van der Waals surface area contributed by atoms with Crippen LogP contribution in [0.25, 0.3) is 11.3 Å². The van der Waals surface area contributed by atoms with E-state index in [1.54, 1.807) is 0 Å². The summed E-state index contributed by atoms with van der Waals surface area (Å²) in [6, 6.07) is 3.44. The highest BCUT2D eigenvalue weighted by Gasteiger charge is 2.31. The maximum absolute atomic E-state index is 12.8. The highest BCUT2D eigenvalue weighted by Crippen LogP contribution is 2.36. The van der Waals surface area contributed by atoms with Crippen molar-refractivity contribution in [2.24, 2.45) is 0 Å². The summed E-state index contributed by atoms with van der Waals surface area (Å²) in [5.41, 5.74) is -0.377. The number of benzene rings is 1. The summed E-state index contributed by atoms with van der Waals surface area (Å²) < 4.78 is 44.3. The van der Waals surface area contributed by atoms with Gasteiger partial charge in [-0.2, -0.15) is 13.2 Å². The molecule has 1 aromatic heterocycles. The lowest BCUT2D eigenvalue weighted by Crippen LogP contribution is -2.16. The highest BCUT2D eigenvalue weighted by molar-refractivity contribution is 9.10. The van der Waals surface area contributed by atoms with Gasteiger partial charge in [-0.15, -0.1) is 0 Å². The molecule has 3 nitrogen and oxygen atoms in total. The smallest absolute Gasteiger partial charge is 0.416 e. The summed E-state index contributed by atoms with van der Waals surface area (Å²) in [5.74, 6) is 0.815. The monoisotopic (exact) mass is 362 g/mol. The van der Waals surface area contributed by atoms with Crippen LogP contribution in [0.15, 0.2) is 33.3 Å². The Labute approximate surface area is 128 Å². The number of oxazole rings is 1. The molecule has 7 heteroatoms. The summed E-state index contributed by atoms with van der Waals surface area (Å²) in [4.78, 5) is 4.09. The fraction of sp³-hybridized carbons (Fsp3) is 0.357. The summed E-state index contributed by atoms with van der Waals surface area (Å²) >= 11 is 3.24. The molecule has 1 aromatic carbocycles. The molecule has 0 radical (unpaired) electrons. The zero-order valence-corrected chi connectivity index (χ0v) is 12.9. The number of aromatic nitrogens is 1. The fourth-order valence-corrected chi connectivity index (χ4v) is 2.25. The molecule has 0 bridgehead atoms. The van der Waals surface area contributed by atoms with Crippen LogP contribution in [0.1, 0.15) is 18.4 Å². The zero-order chi connectivity index (χ0) is 15.5. The molecule has 21 heavy (non-hydrogen) atoms. The van der Waals surface area contributed by atoms with Gasteiger partial charge in [-0.1, -0.05) is 22.9 Å². The van der Waals surface area contributed by atoms with E-state index >= 15 is 0 Å². The Balaban J connectivity index is 2.25. The second-order valence-corrected chi connectivity index (χ2v) is 5.27. The average Bonchev–Trinajstić information content (AvgIpc) is 2.87. The molecule has 0 aliphatic rings. The van der Waals surface area contributed by atoms with E-state index in [0.29, 0.717) is 34.7 Å². The third kappa shape index (κ3) is 4.07. The van der Waals surface area contributed by atoms with Crippen molar-refractivity contribution in [3.8, 4) is 11.3 Å². The molecule has 0 fully saturated rings. The van der Waals surface area contributed by atoms with Gasteiger partial charge < -0.3 is 9.73 Å². The van der Waals surface area contributed by atoms with Crippen LogP contribution < -0.4 is 5.32 Å². The molecule has 2 rings (SSSR count). The number of nitrogens with zero attached hydrogens (tertiary/aromatic N) is 1. The zero-order valence-electron chi connectivity index (χ0n) is 11.3. The first-order valence-electron chi connectivity index (χ1n) is 6.44. The summed E-state index contributed by atoms with van der Waals surface area (Å²) in [5, 5.41) is 3.13. The van der Waals surface area contributed by atoms with Crippen LogP contribution >= 0.6 is 15.9 Å². The van der Waals surface area contributed by atoms with E-state index in [4.69, 9.17) is 4.42 Å². The van der Waals surface area contributed by atoms with Crippen molar-refractivity contribution in [2.75, 3.05) is 13.1 Å². The molecule has 0 saturated heterocycles. The lowest BCUT2D eigenvalue weighted by Gasteiger charge is -2.09. The lowest BCUT2D eigenvalue weighted by molar-refractivity contribution is -0.137. The minimum absolute atomic E-state index is 0.319. The maximum Gasteiger partial charge on any atom is 0.416 e. The van der Waals surface area contributed by atoms with Crippen LogP contribution in [0.4, 0.5) is 13.2 Å². The number of halogens is 4. The highest BCUT2D eigenvalue weighted by atomic mass is 79.9. The Hall–Kier alpha value is -1.34. The van der Waals surface area contributed by atoms with Gasteiger partial charge in [0.05, 0.1) is 11.8 Å². The first-order valence-corrected chi connectivity index (χ1v) is 7.23. The molecule has 114 valence electrons.